The van der Waals surface area contributed by atoms with Crippen LogP contribution in [0.15, 0.2) is 36.7 Å². The normalized spacial score (nSPS) is 13.2. The highest BCUT2D eigenvalue weighted by Gasteiger charge is 2.30. The highest BCUT2D eigenvalue weighted by Crippen LogP contribution is 2.32. The van der Waals surface area contributed by atoms with Gasteiger partial charge in [-0.15, -0.1) is 0 Å². The third-order valence-corrected chi connectivity index (χ3v) is 2.80. The summed E-state index contributed by atoms with van der Waals surface area (Å²) in [7, 11) is 0. The summed E-state index contributed by atoms with van der Waals surface area (Å²) in [4.78, 5) is 0. The smallest absolute Gasteiger partial charge is 0.397 e. The fraction of sp³-hybridized carbons (Fsp3) is 0.308. The van der Waals surface area contributed by atoms with Crippen molar-refractivity contribution in [1.82, 2.24) is 9.78 Å². The van der Waals surface area contributed by atoms with Crippen molar-refractivity contribution in [3.63, 3.8) is 0 Å². The molecule has 2 rings (SSSR count). The number of nitrogens with zero attached hydrogens (tertiary/aromatic N) is 2. The second-order valence-electron chi connectivity index (χ2n) is 4.57. The Bertz CT molecular complexity index is 563. The summed E-state index contributed by atoms with van der Waals surface area (Å²) >= 11 is 0. The molecule has 0 aliphatic heterocycles. The molecule has 20 heavy (non-hydrogen) atoms. The lowest BCUT2D eigenvalue weighted by Gasteiger charge is -2.18. The van der Waals surface area contributed by atoms with Gasteiger partial charge in [0.05, 0.1) is 23.5 Å². The lowest BCUT2D eigenvalue weighted by Crippen LogP contribution is -2.23. The molecule has 1 unspecified atom stereocenters. The van der Waals surface area contributed by atoms with E-state index in [1.807, 2.05) is 13.1 Å². The van der Waals surface area contributed by atoms with Gasteiger partial charge in [0.15, 0.2) is 0 Å². The number of halogens is 3. The van der Waals surface area contributed by atoms with Gasteiger partial charge in [-0.25, -0.2) is 0 Å². The second-order valence-corrected chi connectivity index (χ2v) is 4.57. The highest BCUT2D eigenvalue weighted by molar-refractivity contribution is 5.67. The maximum atomic E-state index is 12.5. The SMILES string of the molecule is CC(Cn1cccn1)Nc1ccc(C(F)(F)F)cc1N. The molecule has 0 radical (unpaired) electrons. The topological polar surface area (TPSA) is 55.9 Å². The zero-order valence-electron chi connectivity index (χ0n) is 10.9. The molecular formula is C13H15F3N4. The van der Waals surface area contributed by atoms with Gasteiger partial charge in [-0.2, -0.15) is 18.3 Å². The molecule has 7 heteroatoms. The van der Waals surface area contributed by atoms with Crippen molar-refractivity contribution < 1.29 is 13.2 Å². The quantitative estimate of drug-likeness (QED) is 0.849. The summed E-state index contributed by atoms with van der Waals surface area (Å²) in [6.45, 7) is 2.49. The zero-order chi connectivity index (χ0) is 14.8. The Hall–Kier alpha value is -2.18. The molecule has 0 amide bonds. The van der Waals surface area contributed by atoms with Crippen LogP contribution in [0.3, 0.4) is 0 Å². The monoisotopic (exact) mass is 284 g/mol. The van der Waals surface area contributed by atoms with Crippen LogP contribution < -0.4 is 11.1 Å². The third kappa shape index (κ3) is 3.43. The average molecular weight is 284 g/mol. The number of anilines is 2. The van der Waals surface area contributed by atoms with Gasteiger partial charge in [-0.05, 0) is 31.2 Å². The van der Waals surface area contributed by atoms with Gasteiger partial charge in [0.1, 0.15) is 0 Å². The molecule has 0 fully saturated rings. The van der Waals surface area contributed by atoms with Crippen molar-refractivity contribution in [1.29, 1.82) is 0 Å². The number of hydrogen-bond acceptors (Lipinski definition) is 3. The van der Waals surface area contributed by atoms with E-state index in [9.17, 15) is 13.2 Å². The summed E-state index contributed by atoms with van der Waals surface area (Å²) < 4.78 is 39.3. The van der Waals surface area contributed by atoms with Crippen molar-refractivity contribution in [3.8, 4) is 0 Å². The summed E-state index contributed by atoms with van der Waals surface area (Å²) in [6, 6.07) is 5.08. The summed E-state index contributed by atoms with van der Waals surface area (Å²) in [5.41, 5.74) is 5.47. The molecule has 4 nitrogen and oxygen atoms in total. The van der Waals surface area contributed by atoms with Crippen LogP contribution in [-0.2, 0) is 12.7 Å². The molecule has 1 aromatic carbocycles. The van der Waals surface area contributed by atoms with Gasteiger partial charge in [-0.1, -0.05) is 0 Å². The van der Waals surface area contributed by atoms with E-state index >= 15 is 0 Å². The van der Waals surface area contributed by atoms with Crippen LogP contribution in [0.2, 0.25) is 0 Å². The van der Waals surface area contributed by atoms with E-state index in [1.165, 1.54) is 6.07 Å². The van der Waals surface area contributed by atoms with Crippen LogP contribution in [0.4, 0.5) is 24.5 Å². The number of hydrogen-bond donors (Lipinski definition) is 2. The average Bonchev–Trinajstić information content (AvgIpc) is 2.83. The highest BCUT2D eigenvalue weighted by atomic mass is 19.4. The van der Waals surface area contributed by atoms with Gasteiger partial charge in [0.2, 0.25) is 0 Å². The molecule has 0 spiro atoms. The Morgan fingerprint density at radius 2 is 2.15 bits per heavy atom. The standard InChI is InChI=1S/C13H15F3N4/c1-9(8-20-6-2-5-18-20)19-12-4-3-10(7-11(12)17)13(14,15)16/h2-7,9,19H,8,17H2,1H3. The molecule has 2 aromatic rings. The Kier molecular flexibility index (Phi) is 3.87. The lowest BCUT2D eigenvalue weighted by molar-refractivity contribution is -0.137. The van der Waals surface area contributed by atoms with Gasteiger partial charge >= 0.3 is 6.18 Å². The fourth-order valence-electron chi connectivity index (χ4n) is 1.87. The predicted molar refractivity (Wildman–Crippen MR) is 71.2 cm³/mol. The first-order valence-electron chi connectivity index (χ1n) is 6.07. The molecular weight excluding hydrogens is 269 g/mol. The van der Waals surface area contributed by atoms with Crippen LogP contribution in [-0.4, -0.2) is 15.8 Å². The summed E-state index contributed by atoms with van der Waals surface area (Å²) in [6.07, 6.45) is -0.902. The number of nitrogen functional groups attached to an aromatic ring is 1. The number of aromatic nitrogens is 2. The predicted octanol–water partition coefficient (Wildman–Crippen LogP) is 2.98. The van der Waals surface area contributed by atoms with Crippen LogP contribution in [0.1, 0.15) is 12.5 Å². The first kappa shape index (κ1) is 14.2. The van der Waals surface area contributed by atoms with E-state index in [2.05, 4.69) is 10.4 Å². The molecule has 1 heterocycles. The van der Waals surface area contributed by atoms with Crippen molar-refractivity contribution in [3.05, 3.63) is 42.2 Å². The summed E-state index contributed by atoms with van der Waals surface area (Å²) in [5.74, 6) is 0. The largest absolute Gasteiger partial charge is 0.416 e. The minimum absolute atomic E-state index is 0.0195. The molecule has 1 aromatic heterocycles. The number of rotatable bonds is 4. The third-order valence-electron chi connectivity index (χ3n) is 2.80. The van der Waals surface area contributed by atoms with Crippen LogP contribution in [0, 0.1) is 0 Å². The van der Waals surface area contributed by atoms with E-state index < -0.39 is 11.7 Å². The number of alkyl halides is 3. The van der Waals surface area contributed by atoms with E-state index in [4.69, 9.17) is 5.73 Å². The molecule has 1 atom stereocenters. The first-order chi connectivity index (χ1) is 9.36. The van der Waals surface area contributed by atoms with Crippen LogP contribution in [0.25, 0.3) is 0 Å². The number of nitrogens with one attached hydrogen (secondary N) is 1. The maximum Gasteiger partial charge on any atom is 0.416 e. The van der Waals surface area contributed by atoms with Gasteiger partial charge < -0.3 is 11.1 Å². The minimum atomic E-state index is -4.38. The van der Waals surface area contributed by atoms with Crippen LogP contribution in [0.5, 0.6) is 0 Å². The van der Waals surface area contributed by atoms with Gasteiger partial charge in [0.25, 0.3) is 0 Å². The minimum Gasteiger partial charge on any atom is -0.397 e. The molecule has 0 aliphatic carbocycles. The van der Waals surface area contributed by atoms with E-state index in [1.54, 1.807) is 16.9 Å². The van der Waals surface area contributed by atoms with Gasteiger partial charge in [0, 0.05) is 18.4 Å². The van der Waals surface area contributed by atoms with E-state index in [0.29, 0.717) is 12.2 Å². The first-order valence-corrected chi connectivity index (χ1v) is 6.07. The molecule has 3 N–H and O–H groups in total. The molecule has 0 saturated heterocycles. The van der Waals surface area contributed by atoms with Crippen molar-refractivity contribution in [2.45, 2.75) is 25.7 Å². The lowest BCUT2D eigenvalue weighted by atomic mass is 10.1. The van der Waals surface area contributed by atoms with Crippen molar-refractivity contribution in [2.24, 2.45) is 0 Å². The van der Waals surface area contributed by atoms with E-state index in [0.717, 1.165) is 12.1 Å². The number of benzene rings is 1. The number of nitrogens with two attached hydrogens (primary N) is 1. The Morgan fingerprint density at radius 1 is 1.40 bits per heavy atom. The van der Waals surface area contributed by atoms with Crippen LogP contribution >= 0.6 is 0 Å². The molecule has 0 aliphatic rings. The fourth-order valence-corrected chi connectivity index (χ4v) is 1.87. The molecule has 0 saturated carbocycles. The van der Waals surface area contributed by atoms with Crippen molar-refractivity contribution in [2.75, 3.05) is 11.1 Å². The molecule has 108 valence electrons. The van der Waals surface area contributed by atoms with Crippen molar-refractivity contribution >= 4 is 11.4 Å². The Morgan fingerprint density at radius 3 is 2.70 bits per heavy atom. The van der Waals surface area contributed by atoms with Gasteiger partial charge in [-0.3, -0.25) is 4.68 Å². The zero-order valence-corrected chi connectivity index (χ0v) is 10.9. The Labute approximate surface area is 114 Å². The van der Waals surface area contributed by atoms with E-state index in [-0.39, 0.29) is 11.7 Å². The maximum absolute atomic E-state index is 12.5. The summed E-state index contributed by atoms with van der Waals surface area (Å²) in [5, 5.41) is 7.14. The second kappa shape index (κ2) is 5.44. The Balaban J connectivity index is 2.06. The molecule has 0 bridgehead atoms.